The number of halogens is 1. The second-order valence-electron chi connectivity index (χ2n) is 3.79. The molecule has 0 amide bonds. The molecular formula is C14H14ClNO. The molecule has 0 bridgehead atoms. The molecule has 17 heavy (non-hydrogen) atoms. The van der Waals surface area contributed by atoms with Gasteiger partial charge in [-0.3, -0.25) is 0 Å². The number of methoxy groups -OCH3 is 1. The van der Waals surface area contributed by atoms with Crippen molar-refractivity contribution in [3.05, 3.63) is 59.8 Å². The molecule has 0 saturated carbocycles. The van der Waals surface area contributed by atoms with Crippen LogP contribution < -0.4 is 4.74 Å². The Hall–Kier alpha value is -1.54. The van der Waals surface area contributed by atoms with Crippen LogP contribution in [0, 0.1) is 0 Å². The molecular weight excluding hydrogens is 234 g/mol. The normalized spacial score (nSPS) is 12.1. The first-order valence-electron chi connectivity index (χ1n) is 5.47. The van der Waals surface area contributed by atoms with E-state index in [1.807, 2.05) is 42.5 Å². The zero-order valence-electron chi connectivity index (χ0n) is 9.64. The number of pyridine rings is 1. The van der Waals surface area contributed by atoms with Gasteiger partial charge in [0.25, 0.3) is 0 Å². The van der Waals surface area contributed by atoms with E-state index in [9.17, 15) is 0 Å². The van der Waals surface area contributed by atoms with E-state index in [0.29, 0.717) is 5.88 Å². The van der Waals surface area contributed by atoms with Crippen LogP contribution in [0.25, 0.3) is 0 Å². The summed E-state index contributed by atoms with van der Waals surface area (Å²) in [6, 6.07) is 13.9. The molecule has 0 spiro atoms. The summed E-state index contributed by atoms with van der Waals surface area (Å²) >= 11 is 6.38. The Morgan fingerprint density at radius 3 is 2.71 bits per heavy atom. The van der Waals surface area contributed by atoms with Crippen LogP contribution in [0.4, 0.5) is 0 Å². The second kappa shape index (κ2) is 5.69. The third kappa shape index (κ3) is 3.21. The molecule has 0 aliphatic carbocycles. The highest BCUT2D eigenvalue weighted by molar-refractivity contribution is 6.20. The monoisotopic (exact) mass is 247 g/mol. The van der Waals surface area contributed by atoms with Crippen LogP contribution in [0.15, 0.2) is 48.7 Å². The summed E-state index contributed by atoms with van der Waals surface area (Å²) in [5, 5.41) is -0.0247. The summed E-state index contributed by atoms with van der Waals surface area (Å²) in [5.74, 6) is 0.624. The molecule has 0 N–H and O–H groups in total. The fraction of sp³-hybridized carbons (Fsp3) is 0.214. The van der Waals surface area contributed by atoms with Crippen LogP contribution in [-0.4, -0.2) is 12.1 Å². The Morgan fingerprint density at radius 1 is 1.24 bits per heavy atom. The van der Waals surface area contributed by atoms with Crippen LogP contribution in [0.2, 0.25) is 0 Å². The molecule has 1 unspecified atom stereocenters. The van der Waals surface area contributed by atoms with Crippen molar-refractivity contribution in [2.75, 3.05) is 7.11 Å². The van der Waals surface area contributed by atoms with Crippen LogP contribution >= 0.6 is 11.6 Å². The van der Waals surface area contributed by atoms with Crippen LogP contribution in [0.5, 0.6) is 5.88 Å². The first kappa shape index (κ1) is 11.9. The molecule has 1 aromatic heterocycles. The van der Waals surface area contributed by atoms with Gasteiger partial charge in [0, 0.05) is 12.3 Å². The van der Waals surface area contributed by atoms with E-state index < -0.39 is 0 Å². The van der Waals surface area contributed by atoms with Crippen LogP contribution in [-0.2, 0) is 6.42 Å². The van der Waals surface area contributed by atoms with Gasteiger partial charge in [-0.1, -0.05) is 30.3 Å². The summed E-state index contributed by atoms with van der Waals surface area (Å²) in [7, 11) is 1.61. The van der Waals surface area contributed by atoms with E-state index in [0.717, 1.165) is 17.5 Å². The van der Waals surface area contributed by atoms with Gasteiger partial charge in [-0.05, 0) is 23.6 Å². The number of ether oxygens (including phenoxy) is 1. The highest BCUT2D eigenvalue weighted by Crippen LogP contribution is 2.25. The Morgan fingerprint density at radius 2 is 2.00 bits per heavy atom. The average molecular weight is 248 g/mol. The highest BCUT2D eigenvalue weighted by Gasteiger charge is 2.09. The van der Waals surface area contributed by atoms with E-state index in [1.54, 1.807) is 13.3 Å². The van der Waals surface area contributed by atoms with E-state index in [-0.39, 0.29) is 5.38 Å². The molecule has 1 aromatic carbocycles. The van der Waals surface area contributed by atoms with Gasteiger partial charge < -0.3 is 4.74 Å². The van der Waals surface area contributed by atoms with Gasteiger partial charge in [-0.25, -0.2) is 4.98 Å². The first-order valence-corrected chi connectivity index (χ1v) is 5.91. The predicted octanol–water partition coefficient (Wildman–Crippen LogP) is 3.61. The number of nitrogens with zero attached hydrogens (tertiary/aromatic N) is 1. The number of aromatic nitrogens is 1. The standard InChI is InChI=1S/C14H14ClNO/c1-17-14-10-11(7-8-16-14)9-13(15)12-5-3-2-4-6-12/h2-8,10,13H,9H2,1H3. The number of alkyl halides is 1. The summed E-state index contributed by atoms with van der Waals surface area (Å²) in [5.41, 5.74) is 2.26. The zero-order chi connectivity index (χ0) is 12.1. The molecule has 2 rings (SSSR count). The minimum absolute atomic E-state index is 0.0247. The maximum absolute atomic E-state index is 6.38. The molecule has 3 heteroatoms. The molecule has 0 saturated heterocycles. The number of benzene rings is 1. The SMILES string of the molecule is COc1cc(CC(Cl)c2ccccc2)ccn1. The van der Waals surface area contributed by atoms with Gasteiger partial charge >= 0.3 is 0 Å². The smallest absolute Gasteiger partial charge is 0.213 e. The lowest BCUT2D eigenvalue weighted by atomic mass is 10.1. The van der Waals surface area contributed by atoms with Crippen molar-refractivity contribution in [1.29, 1.82) is 0 Å². The van der Waals surface area contributed by atoms with Gasteiger partial charge in [0.1, 0.15) is 0 Å². The van der Waals surface area contributed by atoms with Crippen molar-refractivity contribution >= 4 is 11.6 Å². The summed E-state index contributed by atoms with van der Waals surface area (Å²) in [4.78, 5) is 4.07. The van der Waals surface area contributed by atoms with Gasteiger partial charge in [0.05, 0.1) is 12.5 Å². The van der Waals surface area contributed by atoms with E-state index in [1.165, 1.54) is 0 Å². The quantitative estimate of drug-likeness (QED) is 0.770. The Kier molecular flexibility index (Phi) is 3.99. The van der Waals surface area contributed by atoms with Crippen molar-refractivity contribution in [3.63, 3.8) is 0 Å². The van der Waals surface area contributed by atoms with Gasteiger partial charge in [0.15, 0.2) is 0 Å². The molecule has 88 valence electrons. The van der Waals surface area contributed by atoms with E-state index >= 15 is 0 Å². The third-order valence-corrected chi connectivity index (χ3v) is 2.99. The highest BCUT2D eigenvalue weighted by atomic mass is 35.5. The topological polar surface area (TPSA) is 22.1 Å². The van der Waals surface area contributed by atoms with Gasteiger partial charge in [-0.15, -0.1) is 11.6 Å². The first-order chi connectivity index (χ1) is 8.29. The Labute approximate surface area is 106 Å². The van der Waals surface area contributed by atoms with E-state index in [2.05, 4.69) is 4.98 Å². The van der Waals surface area contributed by atoms with Crippen molar-refractivity contribution < 1.29 is 4.74 Å². The second-order valence-corrected chi connectivity index (χ2v) is 4.32. The lowest BCUT2D eigenvalue weighted by Gasteiger charge is -2.10. The van der Waals surface area contributed by atoms with Crippen molar-refractivity contribution in [2.24, 2.45) is 0 Å². The molecule has 1 atom stereocenters. The lowest BCUT2D eigenvalue weighted by molar-refractivity contribution is 0.397. The van der Waals surface area contributed by atoms with Gasteiger partial charge in [-0.2, -0.15) is 0 Å². The third-order valence-electron chi connectivity index (χ3n) is 2.58. The Balaban J connectivity index is 2.10. The van der Waals surface area contributed by atoms with E-state index in [4.69, 9.17) is 16.3 Å². The molecule has 0 radical (unpaired) electrons. The summed E-state index contributed by atoms with van der Waals surface area (Å²) in [6.07, 6.45) is 2.51. The van der Waals surface area contributed by atoms with Crippen LogP contribution in [0.1, 0.15) is 16.5 Å². The van der Waals surface area contributed by atoms with Crippen molar-refractivity contribution in [2.45, 2.75) is 11.8 Å². The molecule has 0 aliphatic heterocycles. The molecule has 2 nitrogen and oxygen atoms in total. The largest absolute Gasteiger partial charge is 0.481 e. The minimum Gasteiger partial charge on any atom is -0.481 e. The number of hydrogen-bond acceptors (Lipinski definition) is 2. The molecule has 0 aliphatic rings. The maximum atomic E-state index is 6.38. The zero-order valence-corrected chi connectivity index (χ0v) is 10.4. The van der Waals surface area contributed by atoms with Gasteiger partial charge in [0.2, 0.25) is 5.88 Å². The lowest BCUT2D eigenvalue weighted by Crippen LogP contribution is -1.97. The molecule has 1 heterocycles. The van der Waals surface area contributed by atoms with Crippen LogP contribution in [0.3, 0.4) is 0 Å². The van der Waals surface area contributed by atoms with Crippen molar-refractivity contribution in [1.82, 2.24) is 4.98 Å². The number of rotatable bonds is 4. The minimum atomic E-state index is -0.0247. The fourth-order valence-corrected chi connectivity index (χ4v) is 2.00. The van der Waals surface area contributed by atoms with Crippen molar-refractivity contribution in [3.8, 4) is 5.88 Å². The summed E-state index contributed by atoms with van der Waals surface area (Å²) < 4.78 is 5.09. The molecule has 2 aromatic rings. The Bertz CT molecular complexity index is 473. The average Bonchev–Trinajstić information content (AvgIpc) is 2.40. The number of hydrogen-bond donors (Lipinski definition) is 0. The fourth-order valence-electron chi connectivity index (χ4n) is 1.68. The predicted molar refractivity (Wildman–Crippen MR) is 69.5 cm³/mol. The summed E-state index contributed by atoms with van der Waals surface area (Å²) in [6.45, 7) is 0. The maximum Gasteiger partial charge on any atom is 0.213 e. The molecule has 0 fully saturated rings.